The number of amides is 1. The Hall–Kier alpha value is -1.14. The molecule has 98 valence electrons. The Morgan fingerprint density at radius 2 is 1.88 bits per heavy atom. The molecule has 1 heterocycles. The summed E-state index contributed by atoms with van der Waals surface area (Å²) in [6, 6.07) is 0. The largest absolute Gasteiger partial charge is 0.480 e. The first-order chi connectivity index (χ1) is 7.85. The molecule has 0 unspecified atom stereocenters. The molecular formula is C11H21N3O3. The van der Waals surface area contributed by atoms with Crippen molar-refractivity contribution in [1.82, 2.24) is 15.1 Å². The van der Waals surface area contributed by atoms with Crippen LogP contribution < -0.4 is 5.32 Å². The summed E-state index contributed by atoms with van der Waals surface area (Å²) in [5.41, 5.74) is -0.647. The number of hydrogen-bond donors (Lipinski definition) is 2. The molecule has 0 aliphatic carbocycles. The Balaban J connectivity index is 2.67. The first kappa shape index (κ1) is 13.9. The summed E-state index contributed by atoms with van der Waals surface area (Å²) in [6.07, 6.45) is 0. The lowest BCUT2D eigenvalue weighted by molar-refractivity contribution is -0.149. The van der Waals surface area contributed by atoms with Gasteiger partial charge < -0.3 is 15.3 Å². The Kier molecular flexibility index (Phi) is 4.47. The van der Waals surface area contributed by atoms with Gasteiger partial charge in [-0.3, -0.25) is 14.5 Å². The molecule has 0 aromatic heterocycles. The third-order valence-corrected chi connectivity index (χ3v) is 3.15. The zero-order chi connectivity index (χ0) is 13.1. The van der Waals surface area contributed by atoms with Gasteiger partial charge in [-0.05, 0) is 13.8 Å². The molecule has 0 aromatic carbocycles. The van der Waals surface area contributed by atoms with E-state index in [4.69, 9.17) is 5.11 Å². The van der Waals surface area contributed by atoms with Gasteiger partial charge in [-0.15, -0.1) is 0 Å². The number of carbonyl (C=O) groups is 2. The number of piperazine rings is 1. The quantitative estimate of drug-likeness (QED) is 0.677. The zero-order valence-corrected chi connectivity index (χ0v) is 10.7. The van der Waals surface area contributed by atoms with Crippen molar-refractivity contribution in [2.75, 3.05) is 39.8 Å². The molecule has 1 rings (SSSR count). The van der Waals surface area contributed by atoms with Crippen molar-refractivity contribution in [2.24, 2.45) is 0 Å². The second kappa shape index (κ2) is 5.46. The van der Waals surface area contributed by atoms with Gasteiger partial charge in [-0.25, -0.2) is 0 Å². The van der Waals surface area contributed by atoms with Gasteiger partial charge in [-0.1, -0.05) is 0 Å². The van der Waals surface area contributed by atoms with Gasteiger partial charge in [0.15, 0.2) is 0 Å². The first-order valence-corrected chi connectivity index (χ1v) is 5.79. The summed E-state index contributed by atoms with van der Waals surface area (Å²) in [4.78, 5) is 26.2. The van der Waals surface area contributed by atoms with Crippen LogP contribution in [-0.4, -0.2) is 72.1 Å². The van der Waals surface area contributed by atoms with Crippen molar-refractivity contribution in [2.45, 2.75) is 19.4 Å². The van der Waals surface area contributed by atoms with Crippen LogP contribution in [0.3, 0.4) is 0 Å². The predicted octanol–water partition coefficient (Wildman–Crippen LogP) is -0.787. The number of nitrogens with zero attached hydrogens (tertiary/aromatic N) is 2. The van der Waals surface area contributed by atoms with Crippen LogP contribution in [0.4, 0.5) is 0 Å². The van der Waals surface area contributed by atoms with E-state index in [0.717, 1.165) is 26.2 Å². The average Bonchev–Trinajstić information content (AvgIpc) is 2.28. The minimum atomic E-state index is -0.989. The maximum atomic E-state index is 12.2. The summed E-state index contributed by atoms with van der Waals surface area (Å²) in [5.74, 6) is -1.14. The molecular weight excluding hydrogens is 222 g/mol. The number of hydrogen-bond acceptors (Lipinski definition) is 4. The Labute approximate surface area is 102 Å². The number of likely N-dealkylation sites (N-methyl/N-ethyl adjacent to an activating group) is 1. The van der Waals surface area contributed by atoms with Crippen molar-refractivity contribution in [1.29, 1.82) is 0 Å². The molecule has 1 amide bonds. The van der Waals surface area contributed by atoms with Crippen molar-refractivity contribution < 1.29 is 14.7 Å². The first-order valence-electron chi connectivity index (χ1n) is 5.79. The lowest BCUT2D eigenvalue weighted by Crippen LogP contribution is -2.60. The molecule has 1 fully saturated rings. The maximum Gasteiger partial charge on any atom is 0.323 e. The van der Waals surface area contributed by atoms with Crippen LogP contribution in [0.15, 0.2) is 0 Å². The topological polar surface area (TPSA) is 72.9 Å². The minimum Gasteiger partial charge on any atom is -0.480 e. The molecule has 1 saturated heterocycles. The standard InChI is InChI=1S/C11H21N3O3/c1-11(2,14-6-4-12-5-7-14)10(17)13(3)8-9(15)16/h12H,4-8H2,1-3H3,(H,15,16). The highest BCUT2D eigenvalue weighted by Gasteiger charge is 2.37. The molecule has 6 nitrogen and oxygen atoms in total. The van der Waals surface area contributed by atoms with Crippen LogP contribution in [0.1, 0.15) is 13.8 Å². The molecule has 1 aliphatic heterocycles. The van der Waals surface area contributed by atoms with Crippen molar-refractivity contribution in [3.63, 3.8) is 0 Å². The Morgan fingerprint density at radius 3 is 2.35 bits per heavy atom. The number of carbonyl (C=O) groups excluding carboxylic acids is 1. The maximum absolute atomic E-state index is 12.2. The second-order valence-electron chi connectivity index (χ2n) is 4.85. The lowest BCUT2D eigenvalue weighted by Gasteiger charge is -2.41. The summed E-state index contributed by atoms with van der Waals surface area (Å²) in [7, 11) is 1.53. The molecule has 0 saturated carbocycles. The van der Waals surface area contributed by atoms with Crippen LogP contribution >= 0.6 is 0 Å². The van der Waals surface area contributed by atoms with E-state index in [-0.39, 0.29) is 12.5 Å². The number of aliphatic carboxylic acids is 1. The third kappa shape index (κ3) is 3.41. The summed E-state index contributed by atoms with van der Waals surface area (Å²) in [6.45, 7) is 6.77. The van der Waals surface area contributed by atoms with Crippen LogP contribution in [0.25, 0.3) is 0 Å². The third-order valence-electron chi connectivity index (χ3n) is 3.15. The van der Waals surface area contributed by atoms with Crippen LogP contribution in [0, 0.1) is 0 Å². The average molecular weight is 243 g/mol. The number of rotatable bonds is 4. The fraction of sp³-hybridized carbons (Fsp3) is 0.818. The van der Waals surface area contributed by atoms with Gasteiger partial charge in [0.1, 0.15) is 6.54 Å². The van der Waals surface area contributed by atoms with Gasteiger partial charge in [0.25, 0.3) is 0 Å². The molecule has 17 heavy (non-hydrogen) atoms. The van der Waals surface area contributed by atoms with Gasteiger partial charge in [0, 0.05) is 33.2 Å². The Morgan fingerprint density at radius 1 is 1.35 bits per heavy atom. The van der Waals surface area contributed by atoms with E-state index in [1.165, 1.54) is 11.9 Å². The summed E-state index contributed by atoms with van der Waals surface area (Å²) in [5, 5.41) is 11.9. The lowest BCUT2D eigenvalue weighted by atomic mass is 9.99. The molecule has 2 N–H and O–H groups in total. The SMILES string of the molecule is CN(CC(=O)O)C(=O)C(C)(C)N1CCNCC1. The summed E-state index contributed by atoms with van der Waals surface area (Å²) >= 11 is 0. The fourth-order valence-corrected chi connectivity index (χ4v) is 2.10. The normalized spacial score (nSPS) is 17.8. The van der Waals surface area contributed by atoms with E-state index in [1.807, 2.05) is 13.8 Å². The van der Waals surface area contributed by atoms with E-state index in [1.54, 1.807) is 0 Å². The van der Waals surface area contributed by atoms with Gasteiger partial charge >= 0.3 is 5.97 Å². The smallest absolute Gasteiger partial charge is 0.323 e. The van der Waals surface area contributed by atoms with Crippen molar-refractivity contribution in [3.8, 4) is 0 Å². The molecule has 0 aromatic rings. The van der Waals surface area contributed by atoms with E-state index < -0.39 is 11.5 Å². The summed E-state index contributed by atoms with van der Waals surface area (Å²) < 4.78 is 0. The van der Waals surface area contributed by atoms with E-state index in [2.05, 4.69) is 10.2 Å². The van der Waals surface area contributed by atoms with Crippen molar-refractivity contribution >= 4 is 11.9 Å². The Bertz CT molecular complexity index is 298. The highest BCUT2D eigenvalue weighted by Crippen LogP contribution is 2.17. The molecule has 0 spiro atoms. The van der Waals surface area contributed by atoms with E-state index in [9.17, 15) is 9.59 Å². The van der Waals surface area contributed by atoms with Crippen molar-refractivity contribution in [3.05, 3.63) is 0 Å². The minimum absolute atomic E-state index is 0.151. The molecule has 1 aliphatic rings. The van der Waals surface area contributed by atoms with Gasteiger partial charge in [-0.2, -0.15) is 0 Å². The highest BCUT2D eigenvalue weighted by atomic mass is 16.4. The fourth-order valence-electron chi connectivity index (χ4n) is 2.10. The molecule has 0 bridgehead atoms. The second-order valence-corrected chi connectivity index (χ2v) is 4.85. The van der Waals surface area contributed by atoms with Crippen LogP contribution in [0.2, 0.25) is 0 Å². The van der Waals surface area contributed by atoms with Crippen LogP contribution in [0.5, 0.6) is 0 Å². The highest BCUT2D eigenvalue weighted by molar-refractivity contribution is 5.88. The monoisotopic (exact) mass is 243 g/mol. The number of carboxylic acids is 1. The van der Waals surface area contributed by atoms with Gasteiger partial charge in [0.05, 0.1) is 5.54 Å². The number of carboxylic acid groups (broad SMARTS) is 1. The van der Waals surface area contributed by atoms with E-state index >= 15 is 0 Å². The molecule has 6 heteroatoms. The van der Waals surface area contributed by atoms with E-state index in [0.29, 0.717) is 0 Å². The number of nitrogens with one attached hydrogen (secondary N) is 1. The van der Waals surface area contributed by atoms with Crippen LogP contribution in [-0.2, 0) is 9.59 Å². The molecule has 0 radical (unpaired) electrons. The predicted molar refractivity (Wildman–Crippen MR) is 63.8 cm³/mol. The van der Waals surface area contributed by atoms with Gasteiger partial charge in [0.2, 0.25) is 5.91 Å². The zero-order valence-electron chi connectivity index (χ0n) is 10.7. The molecule has 0 atom stereocenters.